The van der Waals surface area contributed by atoms with Gasteiger partial charge in [-0.15, -0.1) is 0 Å². The molecule has 1 saturated heterocycles. The molecule has 0 bridgehead atoms. The lowest BCUT2D eigenvalue weighted by Crippen LogP contribution is -2.41. The molecule has 1 aromatic carbocycles. The molecule has 3 nitrogen and oxygen atoms in total. The van der Waals surface area contributed by atoms with Gasteiger partial charge in [0.1, 0.15) is 5.82 Å². The Balaban J connectivity index is 2.34. The minimum Gasteiger partial charge on any atom is -0.402 e. The van der Waals surface area contributed by atoms with Gasteiger partial charge in [0.15, 0.2) is 0 Å². The maximum absolute atomic E-state index is 14.1. The topological polar surface area (TPSA) is 44.5 Å². The maximum atomic E-state index is 14.1. The van der Waals surface area contributed by atoms with Crippen molar-refractivity contribution in [2.24, 2.45) is 5.73 Å². The summed E-state index contributed by atoms with van der Waals surface area (Å²) >= 11 is 0. The molecule has 122 valence electrons. The van der Waals surface area contributed by atoms with E-state index in [0.717, 1.165) is 6.07 Å². The van der Waals surface area contributed by atoms with Crippen LogP contribution in [0, 0.1) is 5.82 Å². The summed E-state index contributed by atoms with van der Waals surface area (Å²) in [5, 5.41) is 0. The van der Waals surface area contributed by atoms with Crippen LogP contribution in [0.3, 0.4) is 0 Å². The number of hydrogen-bond acceptors (Lipinski definition) is 3. The van der Waals surface area contributed by atoms with E-state index in [1.54, 1.807) is 27.7 Å². The van der Waals surface area contributed by atoms with Gasteiger partial charge >= 0.3 is 13.3 Å². The average molecular weight is 319 g/mol. The van der Waals surface area contributed by atoms with Crippen molar-refractivity contribution in [1.82, 2.24) is 0 Å². The fourth-order valence-electron chi connectivity index (χ4n) is 2.21. The molecule has 0 amide bonds. The highest BCUT2D eigenvalue weighted by atomic mass is 19.4. The lowest BCUT2D eigenvalue weighted by molar-refractivity contribution is -0.140. The third kappa shape index (κ3) is 2.87. The van der Waals surface area contributed by atoms with Gasteiger partial charge in [-0.1, -0.05) is 12.1 Å². The number of halogens is 4. The molecule has 1 aromatic rings. The molecule has 0 radical (unpaired) electrons. The van der Waals surface area contributed by atoms with Gasteiger partial charge in [0.25, 0.3) is 0 Å². The standard InChI is InChI=1S/C14H18BF4NO2/c1-12(2)13(3,4)22-15(21-12)11(20)8-6-5-7-9(10(8)16)14(17,18)19/h5-7,11H,20H2,1-4H3/t11-/m0/s1. The third-order valence-corrected chi connectivity index (χ3v) is 4.26. The van der Waals surface area contributed by atoms with E-state index in [-0.39, 0.29) is 5.56 Å². The van der Waals surface area contributed by atoms with E-state index in [9.17, 15) is 17.6 Å². The molecular formula is C14H18BF4NO2. The highest BCUT2D eigenvalue weighted by molar-refractivity contribution is 6.47. The second kappa shape index (κ2) is 5.21. The lowest BCUT2D eigenvalue weighted by Gasteiger charge is -2.32. The van der Waals surface area contributed by atoms with Gasteiger partial charge in [-0.3, -0.25) is 0 Å². The Bertz CT molecular complexity index is 558. The van der Waals surface area contributed by atoms with Gasteiger partial charge in [-0.05, 0) is 33.8 Å². The largest absolute Gasteiger partial charge is 0.480 e. The normalized spacial score (nSPS) is 22.0. The van der Waals surface area contributed by atoms with Crippen LogP contribution in [0.15, 0.2) is 18.2 Å². The Morgan fingerprint density at radius 1 is 1.09 bits per heavy atom. The van der Waals surface area contributed by atoms with E-state index in [4.69, 9.17) is 15.0 Å². The first kappa shape index (κ1) is 17.2. The molecule has 8 heteroatoms. The number of nitrogens with two attached hydrogens (primary N) is 1. The van der Waals surface area contributed by atoms with E-state index in [2.05, 4.69) is 0 Å². The first-order chi connectivity index (χ1) is 9.87. The number of alkyl halides is 3. The Kier molecular flexibility index (Phi) is 4.09. The highest BCUT2D eigenvalue weighted by Crippen LogP contribution is 2.41. The van der Waals surface area contributed by atoms with E-state index < -0.39 is 41.8 Å². The van der Waals surface area contributed by atoms with E-state index in [0.29, 0.717) is 6.07 Å². The molecule has 0 aromatic heterocycles. The van der Waals surface area contributed by atoms with Crippen LogP contribution in [0.25, 0.3) is 0 Å². The molecule has 2 rings (SSSR count). The SMILES string of the molecule is CC1(C)OB([C@@H](N)c2cccc(C(F)(F)F)c2F)OC1(C)C. The molecule has 2 N–H and O–H groups in total. The van der Waals surface area contributed by atoms with Gasteiger partial charge in [0, 0.05) is 5.56 Å². The van der Waals surface area contributed by atoms with Crippen molar-refractivity contribution >= 4 is 7.12 Å². The fraction of sp³-hybridized carbons (Fsp3) is 0.571. The summed E-state index contributed by atoms with van der Waals surface area (Å²) in [5.74, 6) is -2.56. The molecule has 1 aliphatic heterocycles. The molecular weight excluding hydrogens is 301 g/mol. The first-order valence-corrected chi connectivity index (χ1v) is 6.83. The van der Waals surface area contributed by atoms with E-state index in [1.807, 2.05) is 0 Å². The molecule has 1 aliphatic rings. The predicted octanol–water partition coefficient (Wildman–Crippen LogP) is 3.48. The monoisotopic (exact) mass is 319 g/mol. The van der Waals surface area contributed by atoms with E-state index >= 15 is 0 Å². The molecule has 1 fully saturated rings. The number of benzene rings is 1. The van der Waals surface area contributed by atoms with Crippen LogP contribution in [0.2, 0.25) is 0 Å². The van der Waals surface area contributed by atoms with E-state index in [1.165, 1.54) is 6.07 Å². The van der Waals surface area contributed by atoms with Crippen LogP contribution >= 0.6 is 0 Å². The predicted molar refractivity (Wildman–Crippen MR) is 74.4 cm³/mol. The lowest BCUT2D eigenvalue weighted by atomic mass is 9.74. The van der Waals surface area contributed by atoms with Gasteiger partial charge in [0.05, 0.1) is 22.7 Å². The first-order valence-electron chi connectivity index (χ1n) is 6.83. The third-order valence-electron chi connectivity index (χ3n) is 4.26. The molecule has 22 heavy (non-hydrogen) atoms. The Hall–Kier alpha value is -1.12. The van der Waals surface area contributed by atoms with Crippen LogP contribution in [0.1, 0.15) is 44.8 Å². The van der Waals surface area contributed by atoms with Crippen LogP contribution < -0.4 is 5.73 Å². The van der Waals surface area contributed by atoms with Crippen LogP contribution in [0.4, 0.5) is 17.6 Å². The zero-order valence-electron chi connectivity index (χ0n) is 12.8. The molecule has 0 unspecified atom stereocenters. The Labute approximate surface area is 126 Å². The van der Waals surface area contributed by atoms with Crippen molar-refractivity contribution < 1.29 is 26.9 Å². The summed E-state index contributed by atoms with van der Waals surface area (Å²) in [6.07, 6.45) is -4.78. The fourth-order valence-corrected chi connectivity index (χ4v) is 2.21. The zero-order valence-corrected chi connectivity index (χ0v) is 12.8. The summed E-state index contributed by atoms with van der Waals surface area (Å²) < 4.78 is 63.8. The number of hydrogen-bond donors (Lipinski definition) is 1. The van der Waals surface area contributed by atoms with Crippen LogP contribution in [0.5, 0.6) is 0 Å². The zero-order chi connectivity index (χ0) is 16.9. The quantitative estimate of drug-likeness (QED) is 0.670. The number of rotatable bonds is 2. The van der Waals surface area contributed by atoms with Crippen molar-refractivity contribution in [3.05, 3.63) is 35.1 Å². The molecule has 1 atom stereocenters. The van der Waals surface area contributed by atoms with Crippen LogP contribution in [-0.2, 0) is 15.5 Å². The minimum absolute atomic E-state index is 0.284. The molecule has 0 aliphatic carbocycles. The Morgan fingerprint density at radius 3 is 2.05 bits per heavy atom. The summed E-state index contributed by atoms with van der Waals surface area (Å²) in [4.78, 5) is 0. The summed E-state index contributed by atoms with van der Waals surface area (Å²) in [6, 6.07) is 3.00. The van der Waals surface area contributed by atoms with Crippen molar-refractivity contribution in [2.75, 3.05) is 0 Å². The van der Waals surface area contributed by atoms with Gasteiger partial charge in [-0.2, -0.15) is 13.2 Å². The van der Waals surface area contributed by atoms with Crippen molar-refractivity contribution in [3.8, 4) is 0 Å². The smallest absolute Gasteiger partial charge is 0.402 e. The van der Waals surface area contributed by atoms with Crippen molar-refractivity contribution in [1.29, 1.82) is 0 Å². The Morgan fingerprint density at radius 2 is 1.59 bits per heavy atom. The molecule has 1 heterocycles. The maximum Gasteiger partial charge on any atom is 0.480 e. The van der Waals surface area contributed by atoms with Gasteiger partial charge in [-0.25, -0.2) is 4.39 Å². The highest BCUT2D eigenvalue weighted by Gasteiger charge is 2.54. The average Bonchev–Trinajstić information content (AvgIpc) is 2.56. The molecule has 0 saturated carbocycles. The summed E-state index contributed by atoms with van der Waals surface area (Å²) in [6.45, 7) is 7.12. The second-order valence-electron chi connectivity index (χ2n) is 6.36. The van der Waals surface area contributed by atoms with Gasteiger partial charge in [0.2, 0.25) is 0 Å². The summed E-state index contributed by atoms with van der Waals surface area (Å²) in [7, 11) is -1.03. The second-order valence-corrected chi connectivity index (χ2v) is 6.36. The molecule has 0 spiro atoms. The van der Waals surface area contributed by atoms with Crippen LogP contribution in [-0.4, -0.2) is 18.3 Å². The van der Waals surface area contributed by atoms with Crippen molar-refractivity contribution in [2.45, 2.75) is 51.0 Å². The van der Waals surface area contributed by atoms with Crippen molar-refractivity contribution in [3.63, 3.8) is 0 Å². The minimum atomic E-state index is -4.78. The summed E-state index contributed by atoms with van der Waals surface area (Å²) in [5.41, 5.74) is 2.86. The van der Waals surface area contributed by atoms with Gasteiger partial charge < -0.3 is 15.0 Å².